The quantitative estimate of drug-likeness (QED) is 0.157. The molecule has 4 aliphatic rings. The second kappa shape index (κ2) is 25.6. The molecule has 0 unspecified atom stereocenters. The van der Waals surface area contributed by atoms with Crippen LogP contribution in [0.5, 0.6) is 0 Å². The first kappa shape index (κ1) is 60.6. The highest BCUT2D eigenvalue weighted by Gasteiger charge is 2.52. The Hall–Kier alpha value is -12.8. The molecule has 0 fully saturated rings. The largest absolute Gasteiger partial charge is 0.310 e. The molecule has 101 heavy (non-hydrogen) atoms. The van der Waals surface area contributed by atoms with Crippen LogP contribution in [0.1, 0.15) is 55.6 Å². The number of benzene rings is 14. The number of nitrogens with zero attached hydrogens (tertiary/aromatic N) is 7. The summed E-state index contributed by atoms with van der Waals surface area (Å²) in [6.07, 6.45) is 1.01. The fourth-order valence-electron chi connectivity index (χ4n) is 15.8. The number of fused-ring (bicyclic) bond motifs is 18. The maximum Gasteiger partial charge on any atom is 0.164 e. The SMILES string of the molecule is Clc1ccc(-c2nc(-c3ccccc3)nc(-c3ccccc3)n2)cc1.c1ccc(-c2nc(-c3ccccc3)nc(-c3ccc(N4c5ccccc5C5(c6ccccc6-c6ccccc65)c5ccccc54)cc3)n2)cc1.c1ccc2c(c1)Cc1ccccc1C21c2ccccc2-c2ccccc21. The summed E-state index contributed by atoms with van der Waals surface area (Å²) in [7, 11) is 0. The van der Waals surface area contributed by atoms with E-state index in [-0.39, 0.29) is 5.41 Å². The van der Waals surface area contributed by atoms with Crippen LogP contribution in [0.2, 0.25) is 5.02 Å². The molecular formula is C93H62ClN7. The first-order valence-corrected chi connectivity index (χ1v) is 34.5. The van der Waals surface area contributed by atoms with Crippen molar-refractivity contribution in [2.45, 2.75) is 17.3 Å². The molecule has 0 N–H and O–H groups in total. The van der Waals surface area contributed by atoms with Crippen molar-refractivity contribution in [3.05, 3.63) is 425 Å². The van der Waals surface area contributed by atoms with Gasteiger partial charge in [-0.15, -0.1) is 0 Å². The maximum absolute atomic E-state index is 6.00. The molecule has 476 valence electrons. The van der Waals surface area contributed by atoms with E-state index in [1.165, 1.54) is 89.3 Å². The molecule has 0 saturated heterocycles. The minimum absolute atomic E-state index is 0.196. The molecule has 1 aliphatic heterocycles. The van der Waals surface area contributed by atoms with Gasteiger partial charge in [0.1, 0.15) is 0 Å². The van der Waals surface area contributed by atoms with E-state index in [0.717, 1.165) is 45.5 Å². The molecule has 0 amide bonds. The molecule has 3 aliphatic carbocycles. The Kier molecular flexibility index (Phi) is 15.3. The van der Waals surface area contributed by atoms with Crippen molar-refractivity contribution >= 4 is 28.7 Å². The van der Waals surface area contributed by atoms with Gasteiger partial charge in [0.15, 0.2) is 34.9 Å². The highest BCUT2D eigenvalue weighted by molar-refractivity contribution is 6.30. The van der Waals surface area contributed by atoms with Crippen molar-refractivity contribution in [2.75, 3.05) is 4.90 Å². The molecule has 0 bridgehead atoms. The smallest absolute Gasteiger partial charge is 0.164 e. The molecule has 2 aromatic heterocycles. The third-order valence-corrected chi connectivity index (χ3v) is 20.4. The van der Waals surface area contributed by atoms with E-state index in [9.17, 15) is 0 Å². The van der Waals surface area contributed by atoms with Crippen LogP contribution < -0.4 is 4.90 Å². The van der Waals surface area contributed by atoms with Gasteiger partial charge in [-0.3, -0.25) is 0 Å². The predicted octanol–water partition coefficient (Wildman–Crippen LogP) is 22.5. The second-order valence-electron chi connectivity index (χ2n) is 25.7. The van der Waals surface area contributed by atoms with Crippen molar-refractivity contribution in [1.82, 2.24) is 29.9 Å². The first-order valence-electron chi connectivity index (χ1n) is 34.2. The summed E-state index contributed by atoms with van der Waals surface area (Å²) in [6, 6.07) is 128. The topological polar surface area (TPSA) is 80.6 Å². The Morgan fingerprint density at radius 1 is 0.218 bits per heavy atom. The van der Waals surface area contributed by atoms with Gasteiger partial charge in [0.25, 0.3) is 0 Å². The van der Waals surface area contributed by atoms with E-state index in [0.29, 0.717) is 40.0 Å². The van der Waals surface area contributed by atoms with Gasteiger partial charge in [-0.05, 0) is 145 Å². The van der Waals surface area contributed by atoms with Gasteiger partial charge in [0, 0.05) is 44.1 Å². The molecule has 3 heterocycles. The van der Waals surface area contributed by atoms with Crippen LogP contribution >= 0.6 is 11.6 Å². The van der Waals surface area contributed by atoms with Crippen molar-refractivity contribution in [3.63, 3.8) is 0 Å². The summed E-state index contributed by atoms with van der Waals surface area (Å²) >= 11 is 6.00. The lowest BCUT2D eigenvalue weighted by atomic mass is 9.61. The summed E-state index contributed by atoms with van der Waals surface area (Å²) in [5.41, 5.74) is 27.6. The fourth-order valence-corrected chi connectivity index (χ4v) is 15.9. The second-order valence-corrected chi connectivity index (χ2v) is 26.1. The number of anilines is 3. The van der Waals surface area contributed by atoms with E-state index >= 15 is 0 Å². The van der Waals surface area contributed by atoms with Gasteiger partial charge in [-0.1, -0.05) is 315 Å². The summed E-state index contributed by atoms with van der Waals surface area (Å²) in [5, 5.41) is 0.685. The van der Waals surface area contributed by atoms with Gasteiger partial charge in [0.2, 0.25) is 0 Å². The van der Waals surface area contributed by atoms with Gasteiger partial charge in [0.05, 0.1) is 22.2 Å². The molecule has 14 aromatic carbocycles. The molecule has 2 spiro atoms. The van der Waals surface area contributed by atoms with Crippen LogP contribution in [-0.4, -0.2) is 29.9 Å². The van der Waals surface area contributed by atoms with E-state index in [4.69, 9.17) is 26.6 Å². The van der Waals surface area contributed by atoms with Gasteiger partial charge >= 0.3 is 0 Å². The highest BCUT2D eigenvalue weighted by atomic mass is 35.5. The van der Waals surface area contributed by atoms with Crippen LogP contribution in [0.4, 0.5) is 17.1 Å². The average molecular weight is 1310 g/mol. The average Bonchev–Trinajstić information content (AvgIpc) is 1.57. The van der Waals surface area contributed by atoms with Crippen LogP contribution in [0.15, 0.2) is 364 Å². The monoisotopic (exact) mass is 1310 g/mol. The molecule has 8 heteroatoms. The van der Waals surface area contributed by atoms with Crippen molar-refractivity contribution in [1.29, 1.82) is 0 Å². The highest BCUT2D eigenvalue weighted by Crippen LogP contribution is 2.64. The number of rotatable bonds is 7. The van der Waals surface area contributed by atoms with Crippen LogP contribution in [0, 0.1) is 0 Å². The minimum Gasteiger partial charge on any atom is -0.310 e. The lowest BCUT2D eigenvalue weighted by Crippen LogP contribution is -2.36. The fraction of sp³-hybridized carbons (Fsp3) is 0.0323. The lowest BCUT2D eigenvalue weighted by Gasteiger charge is -2.45. The molecule has 20 rings (SSSR count). The Morgan fingerprint density at radius 3 is 0.782 bits per heavy atom. The van der Waals surface area contributed by atoms with E-state index < -0.39 is 5.41 Å². The van der Waals surface area contributed by atoms with Crippen LogP contribution in [0.3, 0.4) is 0 Å². The summed E-state index contributed by atoms with van der Waals surface area (Å²) in [6.45, 7) is 0. The van der Waals surface area contributed by atoms with Crippen molar-refractivity contribution in [3.8, 4) is 90.6 Å². The molecule has 7 nitrogen and oxygen atoms in total. The number of hydrogen-bond donors (Lipinski definition) is 0. The van der Waals surface area contributed by atoms with Crippen molar-refractivity contribution < 1.29 is 0 Å². The Morgan fingerprint density at radius 2 is 0.455 bits per heavy atom. The van der Waals surface area contributed by atoms with E-state index in [2.05, 4.69) is 238 Å². The standard InChI is InChI=1S/C46H30N4.C26H18.C21H14ClN3/c1-3-15-31(16-4-1)43-47-44(32-17-5-2-6-18-32)49-45(48-43)33-27-29-34(30-28-33)50-41-25-13-11-23-39(41)46(40-24-12-14-26-42(40)50)37-21-9-7-19-35(37)36-20-8-10-22-38(36)46;1-5-13-22-18(9-1)17-19-10-2-6-14-23(19)26(22)24-15-7-3-11-20(24)21-12-4-8-16-25(21)26;22-18-13-11-17(12-14-18)21-24-19(15-7-3-1-4-8-15)23-20(25-21)16-9-5-2-6-10-16/h1-30H;1-16H,17H2;1-14H. The van der Waals surface area contributed by atoms with E-state index in [1.54, 1.807) is 0 Å². The normalized spacial score (nSPS) is 13.1. The van der Waals surface area contributed by atoms with Crippen LogP contribution in [-0.2, 0) is 17.3 Å². The van der Waals surface area contributed by atoms with Crippen LogP contribution in [0.25, 0.3) is 90.6 Å². The van der Waals surface area contributed by atoms with Crippen molar-refractivity contribution in [2.24, 2.45) is 0 Å². The minimum atomic E-state index is -0.427. The zero-order valence-corrected chi connectivity index (χ0v) is 55.6. The summed E-state index contributed by atoms with van der Waals surface area (Å²) < 4.78 is 0. The van der Waals surface area contributed by atoms with Gasteiger partial charge in [-0.2, -0.15) is 0 Å². The Labute approximate surface area is 592 Å². The first-order chi connectivity index (χ1) is 50.0. The van der Waals surface area contributed by atoms with E-state index in [1.807, 2.05) is 146 Å². The molecule has 0 radical (unpaired) electrons. The predicted molar refractivity (Wildman–Crippen MR) is 409 cm³/mol. The molecule has 16 aromatic rings. The lowest BCUT2D eigenvalue weighted by molar-refractivity contribution is 0.722. The third-order valence-electron chi connectivity index (χ3n) is 20.1. The summed E-state index contributed by atoms with van der Waals surface area (Å²) in [5.74, 6) is 3.88. The zero-order chi connectivity index (χ0) is 67.3. The maximum atomic E-state index is 6.00. The summed E-state index contributed by atoms with van der Waals surface area (Å²) in [4.78, 5) is 31.2. The number of aromatic nitrogens is 6. The van der Waals surface area contributed by atoms with Gasteiger partial charge in [-0.25, -0.2) is 29.9 Å². The zero-order valence-electron chi connectivity index (χ0n) is 54.9. The number of para-hydroxylation sites is 2. The number of hydrogen-bond acceptors (Lipinski definition) is 7. The molecule has 0 saturated carbocycles. The Bertz CT molecular complexity index is 5470. The Balaban J connectivity index is 0.000000120. The molecular weight excluding hydrogens is 1250 g/mol. The van der Waals surface area contributed by atoms with Gasteiger partial charge < -0.3 is 4.90 Å². The number of halogens is 1. The molecule has 0 atom stereocenters. The third kappa shape index (κ3) is 10.4.